The fraction of sp³-hybridized carbons (Fsp3) is 0.737. The predicted octanol–water partition coefficient (Wildman–Crippen LogP) is 1.58. The van der Waals surface area contributed by atoms with Gasteiger partial charge in [-0.25, -0.2) is 0 Å². The van der Waals surface area contributed by atoms with E-state index in [1.54, 1.807) is 0 Å². The van der Waals surface area contributed by atoms with E-state index in [2.05, 4.69) is 22.2 Å². The maximum Gasteiger partial charge on any atom is 0.220 e. The highest BCUT2D eigenvalue weighted by molar-refractivity contribution is 5.93. The topological polar surface area (TPSA) is 123 Å². The van der Waals surface area contributed by atoms with Gasteiger partial charge in [-0.05, 0) is 38.5 Å². The smallest absolute Gasteiger partial charge is 0.220 e. The largest absolute Gasteiger partial charge is 0.389 e. The maximum absolute atomic E-state index is 13.1. The molecule has 1 amide bonds. The van der Waals surface area contributed by atoms with Crippen molar-refractivity contribution in [3.63, 3.8) is 0 Å². The molecular formula is C19H35N5O2. The van der Waals surface area contributed by atoms with Crippen LogP contribution in [0, 0.1) is 5.92 Å². The van der Waals surface area contributed by atoms with Crippen LogP contribution in [0.25, 0.3) is 0 Å². The van der Waals surface area contributed by atoms with Gasteiger partial charge in [0, 0.05) is 37.5 Å². The minimum Gasteiger partial charge on any atom is -0.389 e. The Morgan fingerprint density at radius 2 is 1.96 bits per heavy atom. The van der Waals surface area contributed by atoms with Crippen molar-refractivity contribution in [3.05, 3.63) is 12.3 Å². The van der Waals surface area contributed by atoms with Crippen LogP contribution in [0.1, 0.15) is 65.2 Å². The van der Waals surface area contributed by atoms with E-state index in [1.807, 2.05) is 13.8 Å². The number of amides is 1. The van der Waals surface area contributed by atoms with E-state index in [0.717, 1.165) is 37.9 Å². The lowest BCUT2D eigenvalue weighted by Crippen LogP contribution is -2.54. The summed E-state index contributed by atoms with van der Waals surface area (Å²) < 4.78 is 0. The maximum atomic E-state index is 13.1. The third-order valence-corrected chi connectivity index (χ3v) is 5.23. The molecule has 1 aliphatic rings. The van der Waals surface area contributed by atoms with Crippen molar-refractivity contribution >= 4 is 17.6 Å². The van der Waals surface area contributed by atoms with Gasteiger partial charge in [-0.3, -0.25) is 14.6 Å². The number of hydrogen-bond donors (Lipinski definition) is 4. The first-order valence-electron chi connectivity index (χ1n) is 9.67. The molecule has 7 heteroatoms. The number of Topliss-reactive ketones (excluding diaryl/α,β-unsaturated/α-hetero) is 1. The number of hydrogen-bond acceptors (Lipinski definition) is 4. The van der Waals surface area contributed by atoms with Crippen LogP contribution in [0.3, 0.4) is 0 Å². The van der Waals surface area contributed by atoms with Gasteiger partial charge in [0.2, 0.25) is 5.91 Å². The van der Waals surface area contributed by atoms with E-state index < -0.39 is 5.54 Å². The molecule has 1 fully saturated rings. The molecule has 1 saturated heterocycles. The fourth-order valence-electron chi connectivity index (χ4n) is 3.39. The molecule has 6 N–H and O–H groups in total. The molecule has 1 rings (SSSR count). The normalized spacial score (nSPS) is 21.8. The Morgan fingerprint density at radius 1 is 1.27 bits per heavy atom. The number of carbonyl (C=O) groups excluding carboxylic acids is 2. The highest BCUT2D eigenvalue weighted by Crippen LogP contribution is 2.26. The molecule has 0 aromatic rings. The minimum absolute atomic E-state index is 0.00509. The first kappa shape index (κ1) is 22.0. The zero-order valence-electron chi connectivity index (χ0n) is 16.3. The Balaban J connectivity index is 2.92. The molecule has 7 nitrogen and oxygen atoms in total. The highest BCUT2D eigenvalue weighted by Gasteiger charge is 2.37. The summed E-state index contributed by atoms with van der Waals surface area (Å²) in [7, 11) is 0. The van der Waals surface area contributed by atoms with E-state index >= 15 is 0 Å². The molecule has 0 unspecified atom stereocenters. The zero-order chi connectivity index (χ0) is 19.6. The van der Waals surface area contributed by atoms with Gasteiger partial charge in [-0.2, -0.15) is 0 Å². The van der Waals surface area contributed by atoms with Crippen molar-refractivity contribution in [1.82, 2.24) is 10.6 Å². The van der Waals surface area contributed by atoms with Crippen LogP contribution in [0.4, 0.5) is 0 Å². The molecule has 148 valence electrons. The molecule has 0 spiro atoms. The van der Waals surface area contributed by atoms with Crippen LogP contribution in [-0.2, 0) is 9.59 Å². The van der Waals surface area contributed by atoms with Crippen LogP contribution in [-0.4, -0.2) is 36.3 Å². The van der Waals surface area contributed by atoms with Crippen molar-refractivity contribution < 1.29 is 9.59 Å². The van der Waals surface area contributed by atoms with Gasteiger partial charge in [0.05, 0.1) is 5.54 Å². The predicted molar refractivity (Wildman–Crippen MR) is 105 cm³/mol. The van der Waals surface area contributed by atoms with Gasteiger partial charge in [0.25, 0.3) is 0 Å². The van der Waals surface area contributed by atoms with Gasteiger partial charge >= 0.3 is 0 Å². The Labute approximate surface area is 157 Å². The molecule has 0 aromatic heterocycles. The van der Waals surface area contributed by atoms with Gasteiger partial charge in [-0.15, -0.1) is 0 Å². The Hall–Kier alpha value is -2.05. The summed E-state index contributed by atoms with van der Waals surface area (Å²) in [6.07, 6.45) is 5.22. The van der Waals surface area contributed by atoms with E-state index in [0.29, 0.717) is 32.2 Å². The van der Waals surface area contributed by atoms with Crippen LogP contribution in [0.15, 0.2) is 17.3 Å². The lowest BCUT2D eigenvalue weighted by Gasteiger charge is -2.34. The van der Waals surface area contributed by atoms with Crippen LogP contribution < -0.4 is 22.1 Å². The van der Waals surface area contributed by atoms with Gasteiger partial charge in [-0.1, -0.05) is 20.4 Å². The number of nitrogens with zero attached hydrogens (tertiary/aromatic N) is 1. The first-order chi connectivity index (χ1) is 12.3. The molecule has 1 aliphatic heterocycles. The monoisotopic (exact) mass is 365 g/mol. The number of nitrogens with one attached hydrogen (secondary N) is 2. The second kappa shape index (κ2) is 10.8. The van der Waals surface area contributed by atoms with Crippen molar-refractivity contribution in [2.24, 2.45) is 22.4 Å². The lowest BCUT2D eigenvalue weighted by atomic mass is 9.81. The number of carbonyl (C=O) groups is 2. The Morgan fingerprint density at radius 3 is 2.58 bits per heavy atom. The van der Waals surface area contributed by atoms with E-state index in [4.69, 9.17) is 11.5 Å². The van der Waals surface area contributed by atoms with Crippen LogP contribution >= 0.6 is 0 Å². The van der Waals surface area contributed by atoms with E-state index in [9.17, 15) is 9.59 Å². The summed E-state index contributed by atoms with van der Waals surface area (Å²) in [6, 6.07) is 0. The van der Waals surface area contributed by atoms with Gasteiger partial charge in [0.15, 0.2) is 11.7 Å². The average Bonchev–Trinajstić information content (AvgIpc) is 2.60. The highest BCUT2D eigenvalue weighted by atomic mass is 16.2. The molecule has 0 saturated carbocycles. The van der Waals surface area contributed by atoms with Crippen molar-refractivity contribution in [2.75, 3.05) is 13.1 Å². The fourth-order valence-corrected chi connectivity index (χ4v) is 3.39. The summed E-state index contributed by atoms with van der Waals surface area (Å²) in [5.74, 6) is 0.123. The van der Waals surface area contributed by atoms with E-state index in [-0.39, 0.29) is 23.6 Å². The molecule has 0 aliphatic carbocycles. The van der Waals surface area contributed by atoms with Crippen molar-refractivity contribution in [1.29, 1.82) is 0 Å². The number of guanidine groups is 1. The molecule has 0 bridgehead atoms. The second-order valence-corrected chi connectivity index (χ2v) is 7.02. The molecule has 1 atom stereocenters. The van der Waals surface area contributed by atoms with Crippen molar-refractivity contribution in [3.8, 4) is 0 Å². The molecular weight excluding hydrogens is 330 g/mol. The average molecular weight is 366 g/mol. The SMILES string of the molecule is C=C1NCCCCC(=O)NC(CC)(CC)C(=O)C[C@H]1CCCN=C(N)N. The number of rotatable bonds is 6. The molecule has 26 heavy (non-hydrogen) atoms. The lowest BCUT2D eigenvalue weighted by molar-refractivity contribution is -0.133. The van der Waals surface area contributed by atoms with Crippen LogP contribution in [0.2, 0.25) is 0 Å². The third kappa shape index (κ3) is 6.69. The number of ketones is 1. The summed E-state index contributed by atoms with van der Waals surface area (Å²) in [5, 5.41) is 6.36. The quantitative estimate of drug-likeness (QED) is 0.323. The summed E-state index contributed by atoms with van der Waals surface area (Å²) in [4.78, 5) is 29.4. The van der Waals surface area contributed by atoms with Gasteiger partial charge in [0.1, 0.15) is 0 Å². The van der Waals surface area contributed by atoms with Gasteiger partial charge < -0.3 is 22.1 Å². The number of nitrogens with two attached hydrogens (primary N) is 2. The summed E-state index contributed by atoms with van der Waals surface area (Å²) >= 11 is 0. The molecule has 0 radical (unpaired) electrons. The third-order valence-electron chi connectivity index (χ3n) is 5.23. The zero-order valence-corrected chi connectivity index (χ0v) is 16.3. The second-order valence-electron chi connectivity index (χ2n) is 7.02. The standard InChI is InChI=1S/C19H35N5O2/c1-4-19(5-2)16(25)13-15(9-8-12-23-18(20)21)14(3)22-11-7-6-10-17(26)24-19/h15,22H,3-13H2,1-2H3,(H,24,26)(H4,20,21,23)/t15-/m1/s1. The Kier molecular flexibility index (Phi) is 9.16. The number of allylic oxidation sites excluding steroid dienone is 1. The summed E-state index contributed by atoms with van der Waals surface area (Å²) in [6.45, 7) is 9.35. The van der Waals surface area contributed by atoms with E-state index in [1.165, 1.54) is 0 Å². The van der Waals surface area contributed by atoms with Crippen molar-refractivity contribution in [2.45, 2.75) is 70.8 Å². The Bertz CT molecular complexity index is 522. The minimum atomic E-state index is -0.783. The molecule has 1 heterocycles. The summed E-state index contributed by atoms with van der Waals surface area (Å²) in [5.41, 5.74) is 10.8. The number of aliphatic imine (C=N–C) groups is 1. The van der Waals surface area contributed by atoms with Crippen LogP contribution in [0.5, 0.6) is 0 Å². The molecule has 0 aromatic carbocycles. The first-order valence-corrected chi connectivity index (χ1v) is 9.67.